The maximum absolute atomic E-state index is 10.9. The van der Waals surface area contributed by atoms with Gasteiger partial charge in [0.05, 0.1) is 0 Å². The second kappa shape index (κ2) is 7.67. The number of hydrogen-bond donors (Lipinski definition) is 1. The van der Waals surface area contributed by atoms with E-state index in [0.717, 1.165) is 25.6 Å². The molecule has 1 saturated heterocycles. The third-order valence-corrected chi connectivity index (χ3v) is 3.64. The molecule has 0 saturated carbocycles. The molecule has 1 fully saturated rings. The third-order valence-electron chi connectivity index (χ3n) is 3.64. The zero-order valence-electron chi connectivity index (χ0n) is 11.0. The Morgan fingerprint density at radius 3 is 2.53 bits per heavy atom. The summed E-state index contributed by atoms with van der Waals surface area (Å²) in [5.41, 5.74) is 0. The van der Waals surface area contributed by atoms with Crippen LogP contribution in [0.2, 0.25) is 0 Å². The molecule has 4 heteroatoms. The molecule has 0 aromatic carbocycles. The summed E-state index contributed by atoms with van der Waals surface area (Å²) in [4.78, 5) is 13.3. The molecule has 0 aromatic rings. The molecular formula is C13H25NO3. The molecule has 0 aliphatic carbocycles. The Morgan fingerprint density at radius 2 is 2.06 bits per heavy atom. The van der Waals surface area contributed by atoms with E-state index in [9.17, 15) is 4.79 Å². The molecule has 17 heavy (non-hydrogen) atoms. The van der Waals surface area contributed by atoms with Crippen LogP contribution in [0.15, 0.2) is 0 Å². The highest BCUT2D eigenvalue weighted by Crippen LogP contribution is 2.20. The Bertz CT molecular complexity index is 225. The Balaban J connectivity index is 2.23. The van der Waals surface area contributed by atoms with Crippen LogP contribution in [0.1, 0.15) is 39.5 Å². The van der Waals surface area contributed by atoms with Gasteiger partial charge >= 0.3 is 5.97 Å². The first-order valence-electron chi connectivity index (χ1n) is 6.74. The van der Waals surface area contributed by atoms with E-state index in [2.05, 4.69) is 11.8 Å². The first kappa shape index (κ1) is 14.5. The highest BCUT2D eigenvalue weighted by molar-refractivity contribution is 5.72. The molecule has 1 heterocycles. The lowest BCUT2D eigenvalue weighted by Crippen LogP contribution is -2.37. The van der Waals surface area contributed by atoms with Gasteiger partial charge in [-0.05, 0) is 45.2 Å². The SMILES string of the molecule is CCOC(CCN1CCC(CC)CC1)C(=O)O. The molecule has 1 aliphatic heterocycles. The van der Waals surface area contributed by atoms with Gasteiger partial charge in [-0.2, -0.15) is 0 Å². The second-order valence-electron chi connectivity index (χ2n) is 4.76. The molecule has 100 valence electrons. The van der Waals surface area contributed by atoms with E-state index in [4.69, 9.17) is 9.84 Å². The van der Waals surface area contributed by atoms with E-state index in [-0.39, 0.29) is 0 Å². The molecule has 1 atom stereocenters. The topological polar surface area (TPSA) is 49.8 Å². The number of carboxylic acids is 1. The van der Waals surface area contributed by atoms with Crippen molar-refractivity contribution >= 4 is 5.97 Å². The molecule has 0 aromatic heterocycles. The van der Waals surface area contributed by atoms with Crippen LogP contribution in [-0.2, 0) is 9.53 Å². The minimum Gasteiger partial charge on any atom is -0.479 e. The molecular weight excluding hydrogens is 218 g/mol. The van der Waals surface area contributed by atoms with Gasteiger partial charge in [0.1, 0.15) is 0 Å². The van der Waals surface area contributed by atoms with Gasteiger partial charge in [0, 0.05) is 13.2 Å². The van der Waals surface area contributed by atoms with Crippen molar-refractivity contribution in [3.63, 3.8) is 0 Å². The maximum Gasteiger partial charge on any atom is 0.332 e. The van der Waals surface area contributed by atoms with Gasteiger partial charge in [-0.25, -0.2) is 4.79 Å². The van der Waals surface area contributed by atoms with Crippen molar-refractivity contribution < 1.29 is 14.6 Å². The molecule has 1 rings (SSSR count). The van der Waals surface area contributed by atoms with E-state index in [1.165, 1.54) is 19.3 Å². The van der Waals surface area contributed by atoms with Gasteiger partial charge in [0.2, 0.25) is 0 Å². The number of nitrogens with zero attached hydrogens (tertiary/aromatic N) is 1. The number of piperidine rings is 1. The van der Waals surface area contributed by atoms with Crippen molar-refractivity contribution in [3.8, 4) is 0 Å². The van der Waals surface area contributed by atoms with Crippen molar-refractivity contribution in [1.29, 1.82) is 0 Å². The summed E-state index contributed by atoms with van der Waals surface area (Å²) in [6.07, 6.45) is 3.74. The smallest absolute Gasteiger partial charge is 0.332 e. The number of likely N-dealkylation sites (tertiary alicyclic amines) is 1. The molecule has 1 N–H and O–H groups in total. The number of carbonyl (C=O) groups is 1. The lowest BCUT2D eigenvalue weighted by Gasteiger charge is -2.31. The van der Waals surface area contributed by atoms with Crippen LogP contribution in [0.3, 0.4) is 0 Å². The predicted molar refractivity (Wildman–Crippen MR) is 67.1 cm³/mol. The minimum atomic E-state index is -0.838. The van der Waals surface area contributed by atoms with Crippen LogP contribution in [0.5, 0.6) is 0 Å². The number of aliphatic carboxylic acids is 1. The van der Waals surface area contributed by atoms with E-state index in [0.29, 0.717) is 13.0 Å². The number of rotatable bonds is 7. The van der Waals surface area contributed by atoms with Crippen molar-refractivity contribution in [2.75, 3.05) is 26.2 Å². The number of hydrogen-bond acceptors (Lipinski definition) is 3. The monoisotopic (exact) mass is 243 g/mol. The lowest BCUT2D eigenvalue weighted by atomic mass is 9.94. The van der Waals surface area contributed by atoms with Gasteiger partial charge in [0.15, 0.2) is 6.10 Å². The molecule has 0 bridgehead atoms. The van der Waals surface area contributed by atoms with Crippen molar-refractivity contribution in [1.82, 2.24) is 4.90 Å². The van der Waals surface area contributed by atoms with E-state index >= 15 is 0 Å². The zero-order valence-corrected chi connectivity index (χ0v) is 11.0. The quantitative estimate of drug-likeness (QED) is 0.743. The fourth-order valence-electron chi connectivity index (χ4n) is 2.40. The predicted octanol–water partition coefficient (Wildman–Crippen LogP) is 1.99. The van der Waals surface area contributed by atoms with E-state index in [1.54, 1.807) is 0 Å². The Labute approximate surface area is 104 Å². The maximum atomic E-state index is 10.9. The third kappa shape index (κ3) is 5.04. The fourth-order valence-corrected chi connectivity index (χ4v) is 2.40. The van der Waals surface area contributed by atoms with Crippen LogP contribution >= 0.6 is 0 Å². The lowest BCUT2D eigenvalue weighted by molar-refractivity contribution is -0.150. The van der Waals surface area contributed by atoms with Gasteiger partial charge < -0.3 is 14.7 Å². The van der Waals surface area contributed by atoms with Crippen LogP contribution in [0.25, 0.3) is 0 Å². The van der Waals surface area contributed by atoms with E-state index in [1.807, 2.05) is 6.92 Å². The highest BCUT2D eigenvalue weighted by atomic mass is 16.5. The molecule has 0 radical (unpaired) electrons. The van der Waals surface area contributed by atoms with Crippen LogP contribution < -0.4 is 0 Å². The summed E-state index contributed by atoms with van der Waals surface area (Å²) in [6, 6.07) is 0. The first-order valence-corrected chi connectivity index (χ1v) is 6.74. The fraction of sp³-hybridized carbons (Fsp3) is 0.923. The summed E-state index contributed by atoms with van der Waals surface area (Å²) in [5.74, 6) is 0.0312. The van der Waals surface area contributed by atoms with Gasteiger partial charge in [0.25, 0.3) is 0 Å². The molecule has 1 aliphatic rings. The normalized spacial score (nSPS) is 20.4. The number of carboxylic acid groups (broad SMARTS) is 1. The first-order chi connectivity index (χ1) is 8.17. The Morgan fingerprint density at radius 1 is 1.41 bits per heavy atom. The molecule has 1 unspecified atom stereocenters. The standard InChI is InChI=1S/C13H25NO3/c1-3-11-5-8-14(9-6-11)10-7-12(13(15)16)17-4-2/h11-12H,3-10H2,1-2H3,(H,15,16). The van der Waals surface area contributed by atoms with E-state index < -0.39 is 12.1 Å². The largest absolute Gasteiger partial charge is 0.479 e. The van der Waals surface area contributed by atoms with Gasteiger partial charge in [-0.3, -0.25) is 0 Å². The summed E-state index contributed by atoms with van der Waals surface area (Å²) in [6.45, 7) is 7.61. The minimum absolute atomic E-state index is 0.467. The van der Waals surface area contributed by atoms with Crippen LogP contribution in [-0.4, -0.2) is 48.3 Å². The van der Waals surface area contributed by atoms with Crippen LogP contribution in [0.4, 0.5) is 0 Å². The molecule has 4 nitrogen and oxygen atoms in total. The van der Waals surface area contributed by atoms with Gasteiger partial charge in [-0.1, -0.05) is 13.3 Å². The Hall–Kier alpha value is -0.610. The summed E-state index contributed by atoms with van der Waals surface area (Å²) in [7, 11) is 0. The summed E-state index contributed by atoms with van der Waals surface area (Å²) >= 11 is 0. The van der Waals surface area contributed by atoms with Crippen molar-refractivity contribution in [3.05, 3.63) is 0 Å². The molecule has 0 amide bonds. The Kier molecular flexibility index (Phi) is 6.52. The van der Waals surface area contributed by atoms with Crippen LogP contribution in [0, 0.1) is 5.92 Å². The second-order valence-corrected chi connectivity index (χ2v) is 4.76. The highest BCUT2D eigenvalue weighted by Gasteiger charge is 2.21. The average Bonchev–Trinajstić information content (AvgIpc) is 2.34. The zero-order chi connectivity index (χ0) is 12.7. The summed E-state index contributed by atoms with van der Waals surface area (Å²) < 4.78 is 5.21. The number of ether oxygens (including phenoxy) is 1. The average molecular weight is 243 g/mol. The molecule has 0 spiro atoms. The van der Waals surface area contributed by atoms with Gasteiger partial charge in [-0.15, -0.1) is 0 Å². The van der Waals surface area contributed by atoms with Crippen molar-refractivity contribution in [2.24, 2.45) is 5.92 Å². The van der Waals surface area contributed by atoms with Crippen molar-refractivity contribution in [2.45, 2.75) is 45.6 Å². The summed E-state index contributed by atoms with van der Waals surface area (Å²) in [5, 5.41) is 8.97.